The Bertz CT molecular complexity index is 995. The summed E-state index contributed by atoms with van der Waals surface area (Å²) in [5.41, 5.74) is 6.13. The Morgan fingerprint density at radius 1 is 0.880 bits per heavy atom. The summed E-state index contributed by atoms with van der Waals surface area (Å²) in [6.45, 7) is 2.21. The molecule has 0 amide bonds. The first kappa shape index (κ1) is 15.8. The predicted octanol–water partition coefficient (Wildman–Crippen LogP) is 6.70. The highest BCUT2D eigenvalue weighted by Crippen LogP contribution is 2.31. The summed E-state index contributed by atoms with van der Waals surface area (Å²) in [7, 11) is 0. The predicted molar refractivity (Wildman–Crippen MR) is 110 cm³/mol. The zero-order chi connectivity index (χ0) is 17.1. The van der Waals surface area contributed by atoms with Crippen LogP contribution in [0.3, 0.4) is 0 Å². The lowest BCUT2D eigenvalue weighted by molar-refractivity contribution is 1.13. The zero-order valence-corrected chi connectivity index (χ0v) is 15.0. The number of nitrogens with zero attached hydrogens (tertiary/aromatic N) is 1. The number of thiazole rings is 1. The molecule has 4 aromatic rings. The molecule has 0 spiro atoms. The van der Waals surface area contributed by atoms with Gasteiger partial charge in [0.2, 0.25) is 0 Å². The van der Waals surface area contributed by atoms with Gasteiger partial charge in [-0.25, -0.2) is 4.98 Å². The van der Waals surface area contributed by atoms with Crippen LogP contribution in [0.25, 0.3) is 32.9 Å². The molecule has 1 aromatic heterocycles. The maximum absolute atomic E-state index is 4.78. The second kappa shape index (κ2) is 7.04. The molecular weight excluding hydrogens is 322 g/mol. The van der Waals surface area contributed by atoms with E-state index < -0.39 is 0 Å². The molecule has 0 aliphatic heterocycles. The van der Waals surface area contributed by atoms with Gasteiger partial charge >= 0.3 is 0 Å². The molecule has 1 nitrogen and oxygen atoms in total. The van der Waals surface area contributed by atoms with Crippen molar-refractivity contribution in [3.8, 4) is 10.6 Å². The van der Waals surface area contributed by atoms with Crippen molar-refractivity contribution in [2.24, 2.45) is 0 Å². The molecule has 2 heteroatoms. The number of hydrogen-bond acceptors (Lipinski definition) is 2. The number of aromatic nitrogens is 1. The third-order valence-corrected chi connectivity index (χ3v) is 5.41. The first-order valence-electron chi connectivity index (χ1n) is 8.55. The van der Waals surface area contributed by atoms with E-state index in [1.807, 2.05) is 12.1 Å². The van der Waals surface area contributed by atoms with Gasteiger partial charge in [-0.1, -0.05) is 73.7 Å². The Hall–Kier alpha value is -2.71. The van der Waals surface area contributed by atoms with Gasteiger partial charge in [0.25, 0.3) is 0 Å². The highest BCUT2D eigenvalue weighted by Gasteiger charge is 2.08. The van der Waals surface area contributed by atoms with E-state index >= 15 is 0 Å². The fraction of sp³-hybridized carbons (Fsp3) is 0.0870. The van der Waals surface area contributed by atoms with Gasteiger partial charge in [-0.3, -0.25) is 0 Å². The molecule has 0 aliphatic rings. The summed E-state index contributed by atoms with van der Waals surface area (Å²) in [6, 6.07) is 25.4. The van der Waals surface area contributed by atoms with Gasteiger partial charge in [0, 0.05) is 5.56 Å². The molecule has 1 heterocycles. The van der Waals surface area contributed by atoms with Gasteiger partial charge in [0.05, 0.1) is 10.2 Å². The minimum atomic E-state index is 1.01. The quantitative estimate of drug-likeness (QED) is 0.376. The van der Waals surface area contributed by atoms with Gasteiger partial charge in [-0.15, -0.1) is 11.3 Å². The van der Waals surface area contributed by atoms with Crippen molar-refractivity contribution in [2.45, 2.75) is 13.3 Å². The van der Waals surface area contributed by atoms with E-state index in [0.717, 1.165) is 16.9 Å². The number of fused-ring (bicyclic) bond motifs is 1. The van der Waals surface area contributed by atoms with Gasteiger partial charge in [0.1, 0.15) is 5.01 Å². The van der Waals surface area contributed by atoms with E-state index in [2.05, 4.69) is 79.7 Å². The van der Waals surface area contributed by atoms with E-state index in [1.54, 1.807) is 11.3 Å². The second-order valence-corrected chi connectivity index (χ2v) is 7.03. The normalized spacial score (nSPS) is 11.4. The van der Waals surface area contributed by atoms with Crippen molar-refractivity contribution in [1.29, 1.82) is 0 Å². The van der Waals surface area contributed by atoms with Gasteiger partial charge < -0.3 is 0 Å². The lowest BCUT2D eigenvalue weighted by Crippen LogP contribution is -1.88. The van der Waals surface area contributed by atoms with Gasteiger partial charge in [-0.2, -0.15) is 0 Å². The van der Waals surface area contributed by atoms with Crippen LogP contribution in [-0.4, -0.2) is 4.98 Å². The number of hydrogen-bond donors (Lipinski definition) is 0. The van der Waals surface area contributed by atoms with Crippen molar-refractivity contribution >= 4 is 33.7 Å². The van der Waals surface area contributed by atoms with Crippen LogP contribution in [0.5, 0.6) is 0 Å². The van der Waals surface area contributed by atoms with Crippen LogP contribution in [0.15, 0.2) is 72.8 Å². The maximum Gasteiger partial charge on any atom is 0.124 e. The molecule has 4 rings (SSSR count). The Morgan fingerprint density at radius 3 is 2.48 bits per heavy atom. The molecule has 122 valence electrons. The highest BCUT2D eigenvalue weighted by molar-refractivity contribution is 7.21. The number of rotatable bonds is 4. The largest absolute Gasteiger partial charge is 0.236 e. The number of aryl methyl sites for hydroxylation is 1. The summed E-state index contributed by atoms with van der Waals surface area (Å²) >= 11 is 1.76. The standard InChI is InChI=1S/C23H19NS/c1-2-18-16-20(23-24-21-10-6-7-11-22(21)25-23)15-14-19(18)13-12-17-8-4-3-5-9-17/h3-16H,2H2,1H3. The van der Waals surface area contributed by atoms with Crippen LogP contribution >= 0.6 is 11.3 Å². The van der Waals surface area contributed by atoms with Crippen molar-refractivity contribution in [1.82, 2.24) is 4.98 Å². The topological polar surface area (TPSA) is 12.9 Å². The molecule has 0 saturated carbocycles. The minimum Gasteiger partial charge on any atom is -0.236 e. The molecule has 0 bridgehead atoms. The first-order valence-corrected chi connectivity index (χ1v) is 9.37. The highest BCUT2D eigenvalue weighted by atomic mass is 32.1. The van der Waals surface area contributed by atoms with E-state index in [4.69, 9.17) is 4.98 Å². The Labute approximate surface area is 152 Å². The van der Waals surface area contributed by atoms with Crippen molar-refractivity contribution in [3.63, 3.8) is 0 Å². The molecule has 0 atom stereocenters. The smallest absolute Gasteiger partial charge is 0.124 e. The molecule has 0 N–H and O–H groups in total. The van der Waals surface area contributed by atoms with Crippen LogP contribution in [0.1, 0.15) is 23.6 Å². The fourth-order valence-electron chi connectivity index (χ4n) is 2.95. The van der Waals surface area contributed by atoms with Crippen molar-refractivity contribution in [3.05, 3.63) is 89.5 Å². The van der Waals surface area contributed by atoms with Crippen LogP contribution in [0.2, 0.25) is 0 Å². The number of benzene rings is 3. The summed E-state index contributed by atoms with van der Waals surface area (Å²) in [6.07, 6.45) is 5.38. The first-order chi connectivity index (χ1) is 12.3. The lowest BCUT2D eigenvalue weighted by atomic mass is 10.0. The Morgan fingerprint density at radius 2 is 1.68 bits per heavy atom. The lowest BCUT2D eigenvalue weighted by Gasteiger charge is -2.06. The number of para-hydroxylation sites is 1. The fourth-order valence-corrected chi connectivity index (χ4v) is 3.92. The maximum atomic E-state index is 4.78. The third kappa shape index (κ3) is 3.40. The summed E-state index contributed by atoms with van der Waals surface area (Å²) in [4.78, 5) is 4.78. The van der Waals surface area contributed by atoms with Gasteiger partial charge in [0.15, 0.2) is 0 Å². The molecule has 3 aromatic carbocycles. The average molecular weight is 341 g/mol. The van der Waals surface area contributed by atoms with E-state index in [0.29, 0.717) is 0 Å². The monoisotopic (exact) mass is 341 g/mol. The van der Waals surface area contributed by atoms with Crippen molar-refractivity contribution < 1.29 is 0 Å². The van der Waals surface area contributed by atoms with Crippen molar-refractivity contribution in [2.75, 3.05) is 0 Å². The molecule has 0 aliphatic carbocycles. The van der Waals surface area contributed by atoms with Crippen LogP contribution in [0.4, 0.5) is 0 Å². The molecule has 25 heavy (non-hydrogen) atoms. The van der Waals surface area contributed by atoms with E-state index in [1.165, 1.54) is 27.0 Å². The van der Waals surface area contributed by atoms with E-state index in [-0.39, 0.29) is 0 Å². The average Bonchev–Trinajstić information content (AvgIpc) is 3.11. The summed E-state index contributed by atoms with van der Waals surface area (Å²) in [5, 5.41) is 1.09. The van der Waals surface area contributed by atoms with Crippen LogP contribution < -0.4 is 0 Å². The van der Waals surface area contributed by atoms with Gasteiger partial charge in [-0.05, 0) is 41.3 Å². The Balaban J connectivity index is 1.68. The van der Waals surface area contributed by atoms with Crippen LogP contribution in [0, 0.1) is 0 Å². The Kier molecular flexibility index (Phi) is 4.45. The summed E-state index contributed by atoms with van der Waals surface area (Å²) < 4.78 is 1.24. The van der Waals surface area contributed by atoms with E-state index in [9.17, 15) is 0 Å². The second-order valence-electron chi connectivity index (χ2n) is 6.00. The zero-order valence-electron chi connectivity index (χ0n) is 14.1. The minimum absolute atomic E-state index is 1.01. The SMILES string of the molecule is CCc1cc(-c2nc3ccccc3s2)ccc1C=Cc1ccccc1. The molecule has 0 unspecified atom stereocenters. The molecule has 0 radical (unpaired) electrons. The molecule has 0 saturated heterocycles. The summed E-state index contributed by atoms with van der Waals surface area (Å²) in [5.74, 6) is 0. The van der Waals surface area contributed by atoms with Crippen LogP contribution in [-0.2, 0) is 6.42 Å². The molecular formula is C23H19NS. The molecule has 0 fully saturated rings. The third-order valence-electron chi connectivity index (χ3n) is 4.32.